The van der Waals surface area contributed by atoms with Crippen molar-refractivity contribution < 1.29 is 17.9 Å². The summed E-state index contributed by atoms with van der Waals surface area (Å²) in [5.74, 6) is 5.40. The van der Waals surface area contributed by atoms with Gasteiger partial charge in [-0.3, -0.25) is 0 Å². The monoisotopic (exact) mass is 351 g/mol. The largest absolute Gasteiger partial charge is 0.406 e. The number of nitrogens with one attached hydrogen (secondary N) is 1. The number of benzene rings is 1. The molecule has 0 bridgehead atoms. The highest BCUT2D eigenvalue weighted by Gasteiger charge is 2.30. The molecule has 1 aliphatic rings. The van der Waals surface area contributed by atoms with E-state index in [1.807, 2.05) is 6.07 Å². The van der Waals surface area contributed by atoms with Crippen LogP contribution in [0.2, 0.25) is 0 Å². The molecule has 0 saturated carbocycles. The maximum Gasteiger partial charge on any atom is 0.406 e. The van der Waals surface area contributed by atoms with E-state index in [0.29, 0.717) is 24.4 Å². The van der Waals surface area contributed by atoms with Crippen LogP contribution in [0.3, 0.4) is 0 Å². The third-order valence-electron chi connectivity index (χ3n) is 4.18. The number of nitrogens with two attached hydrogens (primary N) is 1. The lowest BCUT2D eigenvalue weighted by molar-refractivity contribution is -0.140. The fourth-order valence-corrected chi connectivity index (χ4v) is 3.07. The summed E-state index contributed by atoms with van der Waals surface area (Å²) >= 11 is 0. The van der Waals surface area contributed by atoms with Crippen molar-refractivity contribution in [1.29, 1.82) is 0 Å². The van der Waals surface area contributed by atoms with Crippen molar-refractivity contribution in [1.82, 2.24) is 4.57 Å². The lowest BCUT2D eigenvalue weighted by Gasteiger charge is -2.24. The van der Waals surface area contributed by atoms with Gasteiger partial charge in [-0.25, -0.2) is 0 Å². The second-order valence-corrected chi connectivity index (χ2v) is 6.01. The highest BCUT2D eigenvalue weighted by molar-refractivity contribution is 5.94. The van der Waals surface area contributed by atoms with E-state index in [2.05, 4.69) is 17.2 Å². The van der Waals surface area contributed by atoms with Gasteiger partial charge < -0.3 is 20.4 Å². The van der Waals surface area contributed by atoms with E-state index < -0.39 is 12.7 Å². The Morgan fingerprint density at radius 2 is 2.04 bits per heavy atom. The average Bonchev–Trinajstić information content (AvgIpc) is 2.91. The highest BCUT2D eigenvalue weighted by atomic mass is 19.4. The van der Waals surface area contributed by atoms with Crippen LogP contribution in [0.5, 0.6) is 0 Å². The summed E-state index contributed by atoms with van der Waals surface area (Å²) in [5.41, 5.74) is 7.02. The fourth-order valence-electron chi connectivity index (χ4n) is 3.07. The molecule has 7 heteroatoms. The van der Waals surface area contributed by atoms with Crippen LogP contribution in [0.4, 0.5) is 18.9 Å². The van der Waals surface area contributed by atoms with Gasteiger partial charge in [-0.05, 0) is 37.0 Å². The number of aromatic nitrogens is 1. The lowest BCUT2D eigenvalue weighted by atomic mass is 10.1. The van der Waals surface area contributed by atoms with E-state index in [4.69, 9.17) is 10.5 Å². The van der Waals surface area contributed by atoms with E-state index in [-0.39, 0.29) is 12.6 Å². The summed E-state index contributed by atoms with van der Waals surface area (Å²) in [6.45, 7) is 0.401. The summed E-state index contributed by atoms with van der Waals surface area (Å²) in [6, 6.07) is 7.28. The van der Waals surface area contributed by atoms with E-state index in [0.717, 1.165) is 23.9 Å². The maximum absolute atomic E-state index is 13.0. The Labute approximate surface area is 144 Å². The molecule has 1 saturated heterocycles. The van der Waals surface area contributed by atoms with Crippen LogP contribution in [-0.4, -0.2) is 36.5 Å². The quantitative estimate of drug-likeness (QED) is 0.836. The van der Waals surface area contributed by atoms with Gasteiger partial charge in [0.15, 0.2) is 0 Å². The molecule has 4 nitrogen and oxygen atoms in total. The molecule has 134 valence electrons. The number of hydrogen-bond donors (Lipinski definition) is 2. The molecule has 25 heavy (non-hydrogen) atoms. The molecule has 0 unspecified atom stereocenters. The van der Waals surface area contributed by atoms with Crippen molar-refractivity contribution in [2.75, 3.05) is 25.1 Å². The molecule has 0 atom stereocenters. The molecule has 1 aromatic heterocycles. The van der Waals surface area contributed by atoms with Crippen molar-refractivity contribution in [3.63, 3.8) is 0 Å². The number of nitrogens with zero attached hydrogens (tertiary/aromatic N) is 1. The van der Waals surface area contributed by atoms with Gasteiger partial charge in [0.2, 0.25) is 0 Å². The normalized spacial score (nSPS) is 15.8. The SMILES string of the molecule is NCC#Cc1cc2c(NC3CCOCC3)cccc2n1CC(F)(F)F. The van der Waals surface area contributed by atoms with Crippen LogP contribution in [0.1, 0.15) is 18.5 Å². The minimum absolute atomic E-state index is 0.0979. The van der Waals surface area contributed by atoms with Crippen molar-refractivity contribution in [2.24, 2.45) is 5.73 Å². The van der Waals surface area contributed by atoms with Gasteiger partial charge in [-0.2, -0.15) is 13.2 Å². The molecule has 1 fully saturated rings. The number of rotatable bonds is 3. The Kier molecular flexibility index (Phi) is 5.21. The van der Waals surface area contributed by atoms with Crippen LogP contribution in [-0.2, 0) is 11.3 Å². The van der Waals surface area contributed by atoms with Gasteiger partial charge in [0, 0.05) is 30.3 Å². The fraction of sp³-hybridized carbons (Fsp3) is 0.444. The third-order valence-corrected chi connectivity index (χ3v) is 4.18. The van der Waals surface area contributed by atoms with Crippen molar-refractivity contribution in [2.45, 2.75) is 31.6 Å². The van der Waals surface area contributed by atoms with Gasteiger partial charge in [-0.15, -0.1) is 0 Å². The first-order valence-electron chi connectivity index (χ1n) is 8.20. The van der Waals surface area contributed by atoms with Gasteiger partial charge in [0.1, 0.15) is 6.54 Å². The zero-order valence-electron chi connectivity index (χ0n) is 13.7. The average molecular weight is 351 g/mol. The number of ether oxygens (including phenoxy) is 1. The Balaban J connectivity index is 2.02. The first-order valence-corrected chi connectivity index (χ1v) is 8.20. The van der Waals surface area contributed by atoms with Crippen molar-refractivity contribution in [3.05, 3.63) is 30.0 Å². The molecule has 1 aromatic carbocycles. The molecule has 0 amide bonds. The predicted octanol–water partition coefficient (Wildman–Crippen LogP) is 3.10. The van der Waals surface area contributed by atoms with Gasteiger partial charge >= 0.3 is 6.18 Å². The molecule has 0 spiro atoms. The number of halogens is 3. The number of alkyl halides is 3. The molecule has 3 rings (SSSR count). The molecule has 1 aliphatic heterocycles. The topological polar surface area (TPSA) is 52.2 Å². The Morgan fingerprint density at radius 3 is 2.72 bits per heavy atom. The Bertz CT molecular complexity index is 795. The zero-order chi connectivity index (χ0) is 17.9. The third kappa shape index (κ3) is 4.27. The molecular weight excluding hydrogens is 331 g/mol. The van der Waals surface area contributed by atoms with Gasteiger partial charge in [-0.1, -0.05) is 12.0 Å². The first-order chi connectivity index (χ1) is 12.0. The number of fused-ring (bicyclic) bond motifs is 1. The maximum atomic E-state index is 13.0. The summed E-state index contributed by atoms with van der Waals surface area (Å²) in [6.07, 6.45) is -2.58. The van der Waals surface area contributed by atoms with Gasteiger partial charge in [0.05, 0.1) is 17.8 Å². The highest BCUT2D eigenvalue weighted by Crippen LogP contribution is 2.31. The standard InChI is InChI=1S/C18H20F3N3O/c19-18(20,21)12-24-14(3-2-8-22)11-15-16(4-1-5-17(15)24)23-13-6-9-25-10-7-13/h1,4-5,11,13,23H,6-10,12,22H2. The van der Waals surface area contributed by atoms with E-state index in [1.165, 1.54) is 4.57 Å². The Morgan fingerprint density at radius 1 is 1.28 bits per heavy atom. The van der Waals surface area contributed by atoms with E-state index >= 15 is 0 Å². The van der Waals surface area contributed by atoms with Crippen LogP contribution in [0.25, 0.3) is 10.9 Å². The molecule has 2 aromatic rings. The lowest BCUT2D eigenvalue weighted by Crippen LogP contribution is -2.27. The van der Waals surface area contributed by atoms with Crippen molar-refractivity contribution in [3.8, 4) is 11.8 Å². The van der Waals surface area contributed by atoms with Crippen LogP contribution < -0.4 is 11.1 Å². The summed E-state index contributed by atoms with van der Waals surface area (Å²) in [5, 5.41) is 4.17. The van der Waals surface area contributed by atoms with Crippen molar-refractivity contribution >= 4 is 16.6 Å². The Hall–Kier alpha value is -2.17. The minimum atomic E-state index is -4.32. The van der Waals surface area contributed by atoms with Crippen LogP contribution >= 0.6 is 0 Å². The molecule has 0 aliphatic carbocycles. The molecule has 0 radical (unpaired) electrons. The minimum Gasteiger partial charge on any atom is -0.382 e. The smallest absolute Gasteiger partial charge is 0.382 e. The van der Waals surface area contributed by atoms with Crippen LogP contribution in [0, 0.1) is 11.8 Å². The second kappa shape index (κ2) is 7.38. The summed E-state index contributed by atoms with van der Waals surface area (Å²) in [4.78, 5) is 0. The van der Waals surface area contributed by atoms with Gasteiger partial charge in [0.25, 0.3) is 0 Å². The number of anilines is 1. The molecular formula is C18H20F3N3O. The second-order valence-electron chi connectivity index (χ2n) is 6.01. The van der Waals surface area contributed by atoms with E-state index in [9.17, 15) is 13.2 Å². The summed E-state index contributed by atoms with van der Waals surface area (Å²) in [7, 11) is 0. The van der Waals surface area contributed by atoms with Crippen LogP contribution in [0.15, 0.2) is 24.3 Å². The summed E-state index contributed by atoms with van der Waals surface area (Å²) < 4.78 is 45.5. The zero-order valence-corrected chi connectivity index (χ0v) is 13.7. The molecule has 2 heterocycles. The number of hydrogen-bond acceptors (Lipinski definition) is 3. The predicted molar refractivity (Wildman–Crippen MR) is 91.4 cm³/mol. The van der Waals surface area contributed by atoms with E-state index in [1.54, 1.807) is 18.2 Å². The molecule has 3 N–H and O–H groups in total. The first kappa shape index (κ1) is 17.6.